The molecule has 5 rings (SSSR count). The number of rotatable bonds is 7. The number of aromatic nitrogens is 2. The molecule has 190 valence electrons. The number of nitrogens with one attached hydrogen (secondary N) is 1. The number of nitrogens with zero attached hydrogens (tertiary/aromatic N) is 3. The van der Waals surface area contributed by atoms with E-state index in [1.54, 1.807) is 18.3 Å². The molecule has 0 aliphatic carbocycles. The summed E-state index contributed by atoms with van der Waals surface area (Å²) in [6.45, 7) is 3.74. The van der Waals surface area contributed by atoms with E-state index in [-0.39, 0.29) is 18.0 Å². The Morgan fingerprint density at radius 1 is 1.11 bits per heavy atom. The molecule has 2 aromatic heterocycles. The average Bonchev–Trinajstić information content (AvgIpc) is 3.44. The number of carbonyl (C=O) groups is 1. The Hall–Kier alpha value is -2.95. The van der Waals surface area contributed by atoms with Crippen LogP contribution in [0.2, 0.25) is 0 Å². The van der Waals surface area contributed by atoms with Gasteiger partial charge in [-0.2, -0.15) is 13.2 Å². The number of thiazole rings is 1. The SMILES string of the molecule is NCc1ccc(-c2cn3c(n2)sc2cc(C(=O)NCCCN4CCCCC4)ccc23)cc1C(F)(F)F. The van der Waals surface area contributed by atoms with Crippen LogP contribution in [0.5, 0.6) is 0 Å². The number of benzene rings is 2. The minimum atomic E-state index is -4.49. The zero-order chi connectivity index (χ0) is 25.3. The van der Waals surface area contributed by atoms with E-state index in [1.165, 1.54) is 36.7 Å². The highest BCUT2D eigenvalue weighted by molar-refractivity contribution is 7.23. The third-order valence-corrected chi connectivity index (χ3v) is 7.69. The third-order valence-electron chi connectivity index (χ3n) is 6.67. The summed E-state index contributed by atoms with van der Waals surface area (Å²) in [5.41, 5.74) is 7.07. The molecule has 0 saturated carbocycles. The number of likely N-dealkylation sites (tertiary alicyclic amines) is 1. The molecule has 0 atom stereocenters. The molecule has 0 unspecified atom stereocenters. The maximum absolute atomic E-state index is 13.5. The molecule has 1 amide bonds. The first-order valence-electron chi connectivity index (χ1n) is 12.2. The van der Waals surface area contributed by atoms with Gasteiger partial charge in [0.25, 0.3) is 5.91 Å². The molecule has 0 radical (unpaired) electrons. The summed E-state index contributed by atoms with van der Waals surface area (Å²) in [7, 11) is 0. The Bertz CT molecular complexity index is 1390. The van der Waals surface area contributed by atoms with E-state index in [9.17, 15) is 18.0 Å². The Labute approximate surface area is 210 Å². The average molecular weight is 516 g/mol. The van der Waals surface area contributed by atoms with Gasteiger partial charge in [-0.15, -0.1) is 0 Å². The van der Waals surface area contributed by atoms with Crippen molar-refractivity contribution in [1.29, 1.82) is 0 Å². The topological polar surface area (TPSA) is 75.7 Å². The number of alkyl halides is 3. The quantitative estimate of drug-likeness (QED) is 0.328. The van der Waals surface area contributed by atoms with Crippen LogP contribution < -0.4 is 11.1 Å². The molecule has 3 heterocycles. The zero-order valence-corrected chi connectivity index (χ0v) is 20.6. The molecule has 3 N–H and O–H groups in total. The van der Waals surface area contributed by atoms with Crippen LogP contribution in [-0.4, -0.2) is 46.4 Å². The van der Waals surface area contributed by atoms with Crippen LogP contribution in [0.3, 0.4) is 0 Å². The lowest BCUT2D eigenvalue weighted by molar-refractivity contribution is -0.138. The molecule has 4 aromatic rings. The van der Waals surface area contributed by atoms with Crippen LogP contribution in [0.15, 0.2) is 42.6 Å². The minimum absolute atomic E-state index is 0.0509. The van der Waals surface area contributed by atoms with Gasteiger partial charge in [0.2, 0.25) is 0 Å². The van der Waals surface area contributed by atoms with E-state index >= 15 is 0 Å². The second-order valence-electron chi connectivity index (χ2n) is 9.15. The summed E-state index contributed by atoms with van der Waals surface area (Å²) in [5.74, 6) is -0.109. The first-order chi connectivity index (χ1) is 17.3. The summed E-state index contributed by atoms with van der Waals surface area (Å²) < 4.78 is 43.1. The van der Waals surface area contributed by atoms with E-state index in [2.05, 4.69) is 15.2 Å². The number of nitrogens with two attached hydrogens (primary N) is 1. The molecule has 1 saturated heterocycles. The normalized spacial score (nSPS) is 15.1. The molecule has 6 nitrogen and oxygen atoms in total. The first-order valence-corrected chi connectivity index (χ1v) is 13.0. The fourth-order valence-corrected chi connectivity index (χ4v) is 5.80. The lowest BCUT2D eigenvalue weighted by atomic mass is 10.0. The Balaban J connectivity index is 1.30. The van der Waals surface area contributed by atoms with Crippen molar-refractivity contribution in [3.8, 4) is 11.3 Å². The summed E-state index contributed by atoms with van der Waals surface area (Å²) in [6.07, 6.45) is 1.99. The van der Waals surface area contributed by atoms with Gasteiger partial charge in [0.15, 0.2) is 4.96 Å². The van der Waals surface area contributed by atoms with Gasteiger partial charge in [0, 0.05) is 30.4 Å². The molecule has 2 aromatic carbocycles. The van der Waals surface area contributed by atoms with Gasteiger partial charge in [-0.05, 0) is 68.7 Å². The lowest BCUT2D eigenvalue weighted by Crippen LogP contribution is -2.33. The van der Waals surface area contributed by atoms with Crippen LogP contribution in [0.25, 0.3) is 26.4 Å². The van der Waals surface area contributed by atoms with Crippen molar-refractivity contribution in [2.75, 3.05) is 26.2 Å². The van der Waals surface area contributed by atoms with Gasteiger partial charge < -0.3 is 16.0 Å². The number of hydrogen-bond donors (Lipinski definition) is 2. The van der Waals surface area contributed by atoms with Crippen molar-refractivity contribution in [1.82, 2.24) is 19.6 Å². The highest BCUT2D eigenvalue weighted by atomic mass is 32.1. The van der Waals surface area contributed by atoms with Crippen LogP contribution in [0.4, 0.5) is 13.2 Å². The summed E-state index contributed by atoms with van der Waals surface area (Å²) >= 11 is 1.40. The predicted molar refractivity (Wildman–Crippen MR) is 136 cm³/mol. The number of carbonyl (C=O) groups excluding carboxylic acids is 1. The first kappa shape index (κ1) is 24.7. The van der Waals surface area contributed by atoms with E-state index in [0.29, 0.717) is 28.3 Å². The third kappa shape index (κ3) is 5.11. The van der Waals surface area contributed by atoms with E-state index < -0.39 is 11.7 Å². The molecule has 10 heteroatoms. The second kappa shape index (κ2) is 10.2. The van der Waals surface area contributed by atoms with Crippen molar-refractivity contribution in [3.63, 3.8) is 0 Å². The van der Waals surface area contributed by atoms with Crippen LogP contribution >= 0.6 is 11.3 Å². The Morgan fingerprint density at radius 2 is 1.92 bits per heavy atom. The van der Waals surface area contributed by atoms with Gasteiger partial charge in [0.1, 0.15) is 0 Å². The van der Waals surface area contributed by atoms with Gasteiger partial charge in [-0.25, -0.2) is 4.98 Å². The van der Waals surface area contributed by atoms with Gasteiger partial charge in [0.05, 0.1) is 21.5 Å². The fraction of sp³-hybridized carbons (Fsp3) is 0.385. The Morgan fingerprint density at radius 3 is 2.67 bits per heavy atom. The summed E-state index contributed by atoms with van der Waals surface area (Å²) in [5, 5.41) is 3.00. The van der Waals surface area contributed by atoms with Crippen LogP contribution in [0.1, 0.15) is 47.2 Å². The molecule has 1 fully saturated rings. The van der Waals surface area contributed by atoms with E-state index in [4.69, 9.17) is 5.73 Å². The number of imidazole rings is 1. The highest BCUT2D eigenvalue weighted by Gasteiger charge is 2.33. The van der Waals surface area contributed by atoms with Gasteiger partial charge >= 0.3 is 6.18 Å². The van der Waals surface area contributed by atoms with Crippen molar-refractivity contribution < 1.29 is 18.0 Å². The van der Waals surface area contributed by atoms with Crippen LogP contribution in [-0.2, 0) is 12.7 Å². The maximum atomic E-state index is 13.5. The minimum Gasteiger partial charge on any atom is -0.352 e. The smallest absolute Gasteiger partial charge is 0.352 e. The second-order valence-corrected chi connectivity index (χ2v) is 10.2. The largest absolute Gasteiger partial charge is 0.416 e. The molecule has 0 bridgehead atoms. The monoisotopic (exact) mass is 515 g/mol. The summed E-state index contributed by atoms with van der Waals surface area (Å²) in [4.78, 5) is 20.3. The van der Waals surface area contributed by atoms with Crippen molar-refractivity contribution in [2.45, 2.75) is 38.4 Å². The number of halogens is 3. The highest BCUT2D eigenvalue weighted by Crippen LogP contribution is 2.36. The van der Waals surface area contributed by atoms with Crippen LogP contribution in [0, 0.1) is 0 Å². The zero-order valence-electron chi connectivity index (χ0n) is 19.8. The summed E-state index contributed by atoms with van der Waals surface area (Å²) in [6, 6.07) is 9.58. The van der Waals surface area contributed by atoms with Crippen molar-refractivity contribution >= 4 is 32.4 Å². The molecular formula is C26H28F3N5OS. The van der Waals surface area contributed by atoms with E-state index in [0.717, 1.165) is 42.3 Å². The predicted octanol–water partition coefficient (Wildman–Crippen LogP) is 5.30. The standard InChI is InChI=1S/C26H28F3N5OS/c27-26(28,29)20-13-17(5-6-19(20)15-30)21-16-34-22-8-7-18(14-23(22)36-25(34)32-21)24(35)31-9-4-12-33-10-2-1-3-11-33/h5-8,13-14,16H,1-4,9-12,15,30H2,(H,31,35). The fourth-order valence-electron chi connectivity index (χ4n) is 4.75. The van der Waals surface area contributed by atoms with Gasteiger partial charge in [-0.3, -0.25) is 9.20 Å². The number of amides is 1. The Kier molecular flexibility index (Phi) is 7.00. The maximum Gasteiger partial charge on any atom is 0.416 e. The number of piperidine rings is 1. The molecule has 0 spiro atoms. The van der Waals surface area contributed by atoms with Crippen molar-refractivity contribution in [2.24, 2.45) is 5.73 Å². The van der Waals surface area contributed by atoms with E-state index in [1.807, 2.05) is 16.5 Å². The van der Waals surface area contributed by atoms with Gasteiger partial charge in [-0.1, -0.05) is 29.9 Å². The molecule has 1 aliphatic heterocycles. The molecule has 36 heavy (non-hydrogen) atoms. The number of hydrogen-bond acceptors (Lipinski definition) is 5. The number of fused-ring (bicyclic) bond motifs is 3. The lowest BCUT2D eigenvalue weighted by Gasteiger charge is -2.26. The molecule has 1 aliphatic rings. The molecular weight excluding hydrogens is 487 g/mol. The van der Waals surface area contributed by atoms with Crippen molar-refractivity contribution in [3.05, 3.63) is 59.3 Å².